The van der Waals surface area contributed by atoms with Crippen molar-refractivity contribution in [3.05, 3.63) is 70.2 Å². The van der Waals surface area contributed by atoms with Crippen LogP contribution in [0.15, 0.2) is 48.5 Å². The van der Waals surface area contributed by atoms with Gasteiger partial charge in [0.25, 0.3) is 0 Å². The summed E-state index contributed by atoms with van der Waals surface area (Å²) in [5, 5.41) is 0.641. The first-order chi connectivity index (χ1) is 11.0. The van der Waals surface area contributed by atoms with Crippen LogP contribution in [0.2, 0.25) is 5.02 Å². The molecule has 5 nitrogen and oxygen atoms in total. The van der Waals surface area contributed by atoms with Crippen molar-refractivity contribution in [1.82, 2.24) is 4.31 Å². The van der Waals surface area contributed by atoms with Gasteiger partial charge in [-0.05, 0) is 35.7 Å². The van der Waals surface area contributed by atoms with Gasteiger partial charge in [-0.1, -0.05) is 41.9 Å². The van der Waals surface area contributed by atoms with Crippen molar-refractivity contribution in [2.24, 2.45) is 5.73 Å². The molecule has 7 heteroatoms. The van der Waals surface area contributed by atoms with Gasteiger partial charge in [0.2, 0.25) is 17.2 Å². The van der Waals surface area contributed by atoms with E-state index in [-0.39, 0.29) is 6.54 Å². The van der Waals surface area contributed by atoms with Crippen molar-refractivity contribution in [1.29, 1.82) is 0 Å². The standard InChI is InChI=1S/C16H17ClN2O3S/c17-15-4-2-1-3-13(15)9-10-19(23(21)22)11-12-5-7-14(8-6-12)16(18)20/h1-8H,9-11H2,(H2,18,20)(H,21,22). The van der Waals surface area contributed by atoms with Crippen LogP contribution in [0.1, 0.15) is 21.5 Å². The minimum Gasteiger partial charge on any atom is -0.366 e. The van der Waals surface area contributed by atoms with Crippen LogP contribution in [0.25, 0.3) is 0 Å². The predicted octanol–water partition coefficient (Wildman–Crippen LogP) is 2.62. The van der Waals surface area contributed by atoms with Gasteiger partial charge in [-0.25, -0.2) is 4.21 Å². The average molecular weight is 353 g/mol. The molecule has 1 amide bonds. The quantitative estimate of drug-likeness (QED) is 0.751. The van der Waals surface area contributed by atoms with Crippen molar-refractivity contribution in [2.75, 3.05) is 6.54 Å². The van der Waals surface area contributed by atoms with E-state index in [4.69, 9.17) is 17.3 Å². The molecule has 0 aromatic heterocycles. The van der Waals surface area contributed by atoms with E-state index in [1.807, 2.05) is 18.2 Å². The Hall–Kier alpha value is -1.73. The summed E-state index contributed by atoms with van der Waals surface area (Å²) >= 11 is 3.99. The van der Waals surface area contributed by atoms with Crippen LogP contribution >= 0.6 is 11.6 Å². The first-order valence-corrected chi connectivity index (χ1v) is 8.39. The molecule has 0 fully saturated rings. The van der Waals surface area contributed by atoms with Crippen LogP contribution in [0.4, 0.5) is 0 Å². The van der Waals surface area contributed by atoms with E-state index >= 15 is 0 Å². The van der Waals surface area contributed by atoms with Gasteiger partial charge in [-0.2, -0.15) is 4.31 Å². The summed E-state index contributed by atoms with van der Waals surface area (Å²) in [6.07, 6.45) is 0.561. The highest BCUT2D eigenvalue weighted by Crippen LogP contribution is 2.17. The lowest BCUT2D eigenvalue weighted by molar-refractivity contribution is 0.1000. The van der Waals surface area contributed by atoms with Gasteiger partial charge in [0.05, 0.1) is 0 Å². The summed E-state index contributed by atoms with van der Waals surface area (Å²) in [5.74, 6) is -0.502. The third-order valence-electron chi connectivity index (χ3n) is 3.41. The number of amides is 1. The Labute approximate surface area is 142 Å². The summed E-state index contributed by atoms with van der Waals surface area (Å²) in [6, 6.07) is 14.0. The lowest BCUT2D eigenvalue weighted by Crippen LogP contribution is -2.27. The maximum absolute atomic E-state index is 11.5. The van der Waals surface area contributed by atoms with E-state index in [9.17, 15) is 13.6 Å². The average Bonchev–Trinajstić information content (AvgIpc) is 2.53. The molecule has 1 unspecified atom stereocenters. The first kappa shape index (κ1) is 17.6. The summed E-state index contributed by atoms with van der Waals surface area (Å²) in [5.41, 5.74) is 7.33. The fourth-order valence-electron chi connectivity index (χ4n) is 2.14. The number of carbonyl (C=O) groups is 1. The molecule has 0 aliphatic heterocycles. The Morgan fingerprint density at radius 1 is 1.17 bits per heavy atom. The minimum absolute atomic E-state index is 0.284. The second kappa shape index (κ2) is 8.21. The number of nitrogens with two attached hydrogens (primary N) is 1. The van der Waals surface area contributed by atoms with Gasteiger partial charge in [0, 0.05) is 23.7 Å². The zero-order valence-electron chi connectivity index (χ0n) is 12.3. The molecule has 23 heavy (non-hydrogen) atoms. The largest absolute Gasteiger partial charge is 0.366 e. The SMILES string of the molecule is NC(=O)c1ccc(CN(CCc2ccccc2Cl)S(=O)O)cc1. The van der Waals surface area contributed by atoms with Gasteiger partial charge in [-0.3, -0.25) is 9.35 Å². The number of carbonyl (C=O) groups excluding carboxylic acids is 1. The fraction of sp³-hybridized carbons (Fsp3) is 0.188. The number of hydrogen-bond donors (Lipinski definition) is 2. The van der Waals surface area contributed by atoms with Crippen LogP contribution < -0.4 is 5.73 Å². The van der Waals surface area contributed by atoms with Crippen LogP contribution in [0.5, 0.6) is 0 Å². The predicted molar refractivity (Wildman–Crippen MR) is 91.3 cm³/mol. The topological polar surface area (TPSA) is 83.6 Å². The molecule has 0 spiro atoms. The summed E-state index contributed by atoms with van der Waals surface area (Å²) in [7, 11) is 0. The zero-order valence-corrected chi connectivity index (χ0v) is 13.9. The number of hydrogen-bond acceptors (Lipinski definition) is 2. The summed E-state index contributed by atoms with van der Waals surface area (Å²) in [4.78, 5) is 11.0. The van der Waals surface area contributed by atoms with Crippen molar-refractivity contribution < 1.29 is 13.6 Å². The Balaban J connectivity index is 2.03. The van der Waals surface area contributed by atoms with Gasteiger partial charge in [0.1, 0.15) is 0 Å². The molecule has 0 heterocycles. The van der Waals surface area contributed by atoms with Crippen molar-refractivity contribution in [2.45, 2.75) is 13.0 Å². The van der Waals surface area contributed by atoms with E-state index in [0.717, 1.165) is 11.1 Å². The van der Waals surface area contributed by atoms with E-state index in [2.05, 4.69) is 0 Å². The maximum Gasteiger partial charge on any atom is 0.248 e. The fourth-order valence-corrected chi connectivity index (χ4v) is 2.87. The molecule has 3 N–H and O–H groups in total. The van der Waals surface area contributed by atoms with Gasteiger partial charge in [0.15, 0.2) is 0 Å². The molecule has 0 radical (unpaired) electrons. The van der Waals surface area contributed by atoms with Crippen LogP contribution in [0, 0.1) is 0 Å². The Kier molecular flexibility index (Phi) is 6.29. The first-order valence-electron chi connectivity index (χ1n) is 6.95. The number of halogens is 1. The molecule has 2 rings (SSSR count). The Bertz CT molecular complexity index is 707. The summed E-state index contributed by atoms with van der Waals surface area (Å²) in [6.45, 7) is 0.664. The van der Waals surface area contributed by atoms with Crippen molar-refractivity contribution >= 4 is 28.8 Å². The molecule has 2 aromatic rings. The Morgan fingerprint density at radius 3 is 2.39 bits per heavy atom. The van der Waals surface area contributed by atoms with E-state index in [0.29, 0.717) is 23.6 Å². The number of rotatable bonds is 7. The summed E-state index contributed by atoms with van der Waals surface area (Å²) < 4.78 is 22.4. The van der Waals surface area contributed by atoms with Crippen molar-refractivity contribution in [3.8, 4) is 0 Å². The molecule has 0 saturated carbocycles. The van der Waals surface area contributed by atoms with Gasteiger partial charge in [-0.15, -0.1) is 0 Å². The minimum atomic E-state index is -2.10. The van der Waals surface area contributed by atoms with Gasteiger partial charge >= 0.3 is 0 Å². The second-order valence-corrected chi connectivity index (χ2v) is 6.38. The molecule has 0 bridgehead atoms. The highest BCUT2D eigenvalue weighted by molar-refractivity contribution is 7.76. The van der Waals surface area contributed by atoms with Crippen LogP contribution in [0.3, 0.4) is 0 Å². The molecule has 0 aliphatic rings. The molecule has 0 aliphatic carbocycles. The van der Waals surface area contributed by atoms with E-state index < -0.39 is 17.2 Å². The third-order valence-corrected chi connectivity index (χ3v) is 4.53. The number of nitrogens with zero attached hydrogens (tertiary/aromatic N) is 1. The van der Waals surface area contributed by atoms with Gasteiger partial charge < -0.3 is 5.73 Å². The molecular formula is C16H17ClN2O3S. The highest BCUT2D eigenvalue weighted by Gasteiger charge is 2.13. The number of benzene rings is 2. The molecule has 2 aromatic carbocycles. The third kappa shape index (κ3) is 5.14. The normalized spacial score (nSPS) is 12.3. The molecule has 122 valence electrons. The maximum atomic E-state index is 11.5. The van der Waals surface area contributed by atoms with E-state index in [1.165, 1.54) is 4.31 Å². The van der Waals surface area contributed by atoms with Crippen LogP contribution in [-0.4, -0.2) is 25.5 Å². The second-order valence-electron chi connectivity index (χ2n) is 5.00. The molecule has 0 saturated heterocycles. The lowest BCUT2D eigenvalue weighted by atomic mass is 10.1. The Morgan fingerprint density at radius 2 is 1.83 bits per heavy atom. The monoisotopic (exact) mass is 352 g/mol. The van der Waals surface area contributed by atoms with E-state index in [1.54, 1.807) is 30.3 Å². The smallest absolute Gasteiger partial charge is 0.248 e. The van der Waals surface area contributed by atoms with Crippen molar-refractivity contribution in [3.63, 3.8) is 0 Å². The molecule has 1 atom stereocenters. The highest BCUT2D eigenvalue weighted by atomic mass is 35.5. The zero-order chi connectivity index (χ0) is 16.8. The lowest BCUT2D eigenvalue weighted by Gasteiger charge is -2.18. The van der Waals surface area contributed by atoms with Crippen LogP contribution in [-0.2, 0) is 24.2 Å². The molecular weight excluding hydrogens is 336 g/mol. The number of primary amides is 1.